The number of carboxylic acids is 1. The molecule has 9 heteroatoms. The number of hydrogen-bond acceptors (Lipinski definition) is 5. The fraction of sp³-hybridized carbons (Fsp3) is 0.600. The summed E-state index contributed by atoms with van der Waals surface area (Å²) in [5, 5.41) is 14.8. The second-order valence-electron chi connectivity index (χ2n) is 4.76. The predicted octanol–water partition coefficient (Wildman–Crippen LogP) is -0.418. The number of nitrogens with one attached hydrogen (secondary N) is 1. The van der Waals surface area contributed by atoms with E-state index in [1.807, 2.05) is 0 Å². The van der Waals surface area contributed by atoms with E-state index in [4.69, 9.17) is 9.84 Å². The molecule has 1 aromatic heterocycles. The summed E-state index contributed by atoms with van der Waals surface area (Å²) in [7, 11) is -3.59. The molecule has 2 heterocycles. The molecule has 1 aliphatic rings. The van der Waals surface area contributed by atoms with Crippen LogP contribution in [0.1, 0.15) is 12.6 Å². The fourth-order valence-corrected chi connectivity index (χ4v) is 3.72. The lowest BCUT2D eigenvalue weighted by Gasteiger charge is -2.45. The van der Waals surface area contributed by atoms with Crippen LogP contribution in [-0.4, -0.2) is 59.3 Å². The molecule has 1 aliphatic heterocycles. The molecular formula is C10H15N3O5S. The second kappa shape index (κ2) is 4.58. The predicted molar refractivity (Wildman–Crippen MR) is 64.1 cm³/mol. The van der Waals surface area contributed by atoms with Crippen molar-refractivity contribution in [1.82, 2.24) is 14.5 Å². The maximum Gasteiger partial charge on any atom is 0.329 e. The Balaban J connectivity index is 2.04. The van der Waals surface area contributed by atoms with Crippen LogP contribution >= 0.6 is 0 Å². The highest BCUT2D eigenvalue weighted by molar-refractivity contribution is 7.89. The van der Waals surface area contributed by atoms with Gasteiger partial charge in [0.2, 0.25) is 10.0 Å². The Morgan fingerprint density at radius 1 is 1.63 bits per heavy atom. The maximum atomic E-state index is 12.2. The molecule has 0 amide bonds. The minimum atomic E-state index is -3.59. The molecule has 2 rings (SSSR count). The number of hydrogen-bond donors (Lipinski definition) is 2. The summed E-state index contributed by atoms with van der Waals surface area (Å²) in [6.07, 6.45) is 1.26. The van der Waals surface area contributed by atoms with Crippen molar-refractivity contribution >= 4 is 16.0 Å². The van der Waals surface area contributed by atoms with Crippen LogP contribution in [0.3, 0.4) is 0 Å². The van der Waals surface area contributed by atoms with Gasteiger partial charge in [-0.25, -0.2) is 13.2 Å². The molecule has 19 heavy (non-hydrogen) atoms. The molecule has 1 saturated heterocycles. The number of aryl methyl sites for hydroxylation is 1. The van der Waals surface area contributed by atoms with E-state index in [9.17, 15) is 13.2 Å². The van der Waals surface area contributed by atoms with Crippen LogP contribution in [-0.2, 0) is 19.6 Å². The SMILES string of the molecule is Cc1[nH]ncc1S(=O)(=O)N1CC(C)(OCC(=O)O)C1. The first-order valence-corrected chi connectivity index (χ1v) is 7.04. The second-order valence-corrected chi connectivity index (χ2v) is 6.67. The van der Waals surface area contributed by atoms with Crippen molar-refractivity contribution in [2.45, 2.75) is 24.3 Å². The van der Waals surface area contributed by atoms with Crippen LogP contribution < -0.4 is 0 Å². The van der Waals surface area contributed by atoms with Gasteiger partial charge in [-0.15, -0.1) is 0 Å². The van der Waals surface area contributed by atoms with Crippen molar-refractivity contribution in [2.75, 3.05) is 19.7 Å². The number of aliphatic carboxylic acids is 1. The molecule has 1 aromatic rings. The normalized spacial score (nSPS) is 19.1. The molecule has 0 atom stereocenters. The van der Waals surface area contributed by atoms with Crippen LogP contribution in [0, 0.1) is 6.92 Å². The molecule has 8 nitrogen and oxygen atoms in total. The van der Waals surface area contributed by atoms with E-state index >= 15 is 0 Å². The number of aromatic amines is 1. The smallest absolute Gasteiger partial charge is 0.329 e. The van der Waals surface area contributed by atoms with Gasteiger partial charge >= 0.3 is 5.97 Å². The average molecular weight is 289 g/mol. The van der Waals surface area contributed by atoms with Crippen molar-refractivity contribution in [1.29, 1.82) is 0 Å². The Morgan fingerprint density at radius 3 is 2.74 bits per heavy atom. The molecule has 0 aromatic carbocycles. The van der Waals surface area contributed by atoms with Gasteiger partial charge in [-0.3, -0.25) is 5.10 Å². The van der Waals surface area contributed by atoms with Crippen molar-refractivity contribution in [3.8, 4) is 0 Å². The minimum absolute atomic E-state index is 0.132. The highest BCUT2D eigenvalue weighted by Gasteiger charge is 2.47. The van der Waals surface area contributed by atoms with Gasteiger partial charge in [0.05, 0.1) is 17.5 Å². The summed E-state index contributed by atoms with van der Waals surface area (Å²) in [5.41, 5.74) is -0.275. The average Bonchev–Trinajstić information content (AvgIpc) is 2.69. The highest BCUT2D eigenvalue weighted by Crippen LogP contribution is 2.31. The summed E-state index contributed by atoms with van der Waals surface area (Å²) in [6, 6.07) is 0. The van der Waals surface area contributed by atoms with Crippen LogP contribution in [0.15, 0.2) is 11.1 Å². The quantitative estimate of drug-likeness (QED) is 0.761. The van der Waals surface area contributed by atoms with Gasteiger partial charge in [-0.1, -0.05) is 0 Å². The van der Waals surface area contributed by atoms with Crippen molar-refractivity contribution in [3.63, 3.8) is 0 Å². The van der Waals surface area contributed by atoms with Crippen LogP contribution in [0.25, 0.3) is 0 Å². The summed E-state index contributed by atoms with van der Waals surface area (Å²) < 4.78 is 30.8. The zero-order valence-corrected chi connectivity index (χ0v) is 11.4. The lowest BCUT2D eigenvalue weighted by Crippen LogP contribution is -2.63. The third-order valence-corrected chi connectivity index (χ3v) is 4.87. The van der Waals surface area contributed by atoms with Crippen LogP contribution in [0.2, 0.25) is 0 Å². The van der Waals surface area contributed by atoms with Gasteiger partial charge in [0.15, 0.2) is 0 Å². The maximum absolute atomic E-state index is 12.2. The van der Waals surface area contributed by atoms with Gasteiger partial charge in [0.1, 0.15) is 11.5 Å². The first-order chi connectivity index (χ1) is 8.74. The molecule has 0 spiro atoms. The number of carbonyl (C=O) groups is 1. The van der Waals surface area contributed by atoms with Gasteiger partial charge in [-0.2, -0.15) is 9.40 Å². The molecule has 1 fully saturated rings. The summed E-state index contributed by atoms with van der Waals surface area (Å²) >= 11 is 0. The molecule has 0 saturated carbocycles. The van der Waals surface area contributed by atoms with Gasteiger partial charge in [0.25, 0.3) is 0 Å². The molecular weight excluding hydrogens is 274 g/mol. The molecule has 0 bridgehead atoms. The number of H-pyrrole nitrogens is 1. The number of aromatic nitrogens is 2. The number of rotatable bonds is 5. The van der Waals surface area contributed by atoms with E-state index in [2.05, 4.69) is 10.2 Å². The van der Waals surface area contributed by atoms with Crippen LogP contribution in [0.4, 0.5) is 0 Å². The highest BCUT2D eigenvalue weighted by atomic mass is 32.2. The third kappa shape index (κ3) is 2.62. The first kappa shape index (κ1) is 14.0. The molecule has 2 N–H and O–H groups in total. The lowest BCUT2D eigenvalue weighted by molar-refractivity contribution is -0.157. The van der Waals surface area contributed by atoms with Gasteiger partial charge < -0.3 is 9.84 Å². The zero-order valence-electron chi connectivity index (χ0n) is 10.6. The molecule has 0 aliphatic carbocycles. The Kier molecular flexibility index (Phi) is 3.37. The van der Waals surface area contributed by atoms with Crippen molar-refractivity contribution in [2.24, 2.45) is 0 Å². The van der Waals surface area contributed by atoms with E-state index in [1.54, 1.807) is 13.8 Å². The first-order valence-electron chi connectivity index (χ1n) is 5.60. The Labute approximate surface area is 110 Å². The Morgan fingerprint density at radius 2 is 2.26 bits per heavy atom. The molecule has 0 unspecified atom stereocenters. The Bertz CT molecular complexity index is 588. The standard InChI is InChI=1S/C10H15N3O5S/c1-7-8(3-11-12-7)19(16,17)13-5-10(2,6-13)18-4-9(14)15/h3H,4-6H2,1-2H3,(H,11,12)(H,14,15). The fourth-order valence-electron chi connectivity index (χ4n) is 1.94. The number of sulfonamides is 1. The zero-order chi connectivity index (χ0) is 14.3. The largest absolute Gasteiger partial charge is 0.480 e. The van der Waals surface area contributed by atoms with Crippen molar-refractivity contribution in [3.05, 3.63) is 11.9 Å². The van der Waals surface area contributed by atoms with E-state index in [1.165, 1.54) is 10.5 Å². The van der Waals surface area contributed by atoms with Crippen LogP contribution in [0.5, 0.6) is 0 Å². The van der Waals surface area contributed by atoms with Gasteiger partial charge in [-0.05, 0) is 13.8 Å². The van der Waals surface area contributed by atoms with E-state index in [0.29, 0.717) is 5.69 Å². The van der Waals surface area contributed by atoms with Gasteiger partial charge in [0, 0.05) is 13.1 Å². The summed E-state index contributed by atoms with van der Waals surface area (Å²) in [5.74, 6) is -1.08. The summed E-state index contributed by atoms with van der Waals surface area (Å²) in [6.45, 7) is 3.14. The van der Waals surface area contributed by atoms with Crippen molar-refractivity contribution < 1.29 is 23.1 Å². The molecule has 106 valence electrons. The number of nitrogens with zero attached hydrogens (tertiary/aromatic N) is 2. The topological polar surface area (TPSA) is 113 Å². The summed E-state index contributed by atoms with van der Waals surface area (Å²) in [4.78, 5) is 10.6. The Hall–Kier alpha value is -1.45. The lowest BCUT2D eigenvalue weighted by atomic mass is 10.0. The van der Waals surface area contributed by atoms with E-state index < -0.39 is 28.2 Å². The van der Waals surface area contributed by atoms with E-state index in [-0.39, 0.29) is 18.0 Å². The monoisotopic (exact) mass is 289 g/mol. The molecule has 0 radical (unpaired) electrons. The number of carboxylic acid groups (broad SMARTS) is 1. The third-order valence-electron chi connectivity index (χ3n) is 2.97. The number of ether oxygens (including phenoxy) is 1. The minimum Gasteiger partial charge on any atom is -0.480 e. The van der Waals surface area contributed by atoms with E-state index in [0.717, 1.165) is 0 Å².